The minimum absolute atomic E-state index is 0. The first-order chi connectivity index (χ1) is 7.03. The van der Waals surface area contributed by atoms with Crippen molar-refractivity contribution >= 4 is 22.4 Å². The first kappa shape index (κ1) is 16.1. The number of sulfonamides is 1. The number of rotatable bonds is 5. The molecule has 1 atom stereocenters. The predicted octanol–water partition coefficient (Wildman–Crippen LogP) is -0.229. The number of halogens is 1. The summed E-state index contributed by atoms with van der Waals surface area (Å²) in [4.78, 5) is 2.21. The third-order valence-electron chi connectivity index (χ3n) is 2.67. The highest BCUT2D eigenvalue weighted by Gasteiger charge is 2.16. The number of likely N-dealkylation sites (tertiary alicyclic amines) is 1. The van der Waals surface area contributed by atoms with Gasteiger partial charge in [0.1, 0.15) is 0 Å². The van der Waals surface area contributed by atoms with E-state index in [9.17, 15) is 8.42 Å². The van der Waals surface area contributed by atoms with E-state index in [4.69, 9.17) is 5.73 Å². The Kier molecular flexibility index (Phi) is 7.50. The van der Waals surface area contributed by atoms with Gasteiger partial charge in [-0.2, -0.15) is 0 Å². The van der Waals surface area contributed by atoms with Crippen LogP contribution in [0.3, 0.4) is 0 Å². The van der Waals surface area contributed by atoms with Crippen LogP contribution in [0.25, 0.3) is 0 Å². The van der Waals surface area contributed by atoms with Crippen molar-refractivity contribution in [2.24, 2.45) is 5.73 Å². The molecule has 0 aliphatic carbocycles. The lowest BCUT2D eigenvalue weighted by Gasteiger charge is -2.30. The monoisotopic (exact) mass is 271 g/mol. The zero-order valence-corrected chi connectivity index (χ0v) is 11.3. The molecule has 0 aromatic heterocycles. The molecule has 98 valence electrons. The Labute approximate surface area is 104 Å². The van der Waals surface area contributed by atoms with E-state index >= 15 is 0 Å². The standard InChI is InChI=1S/C9H21N3O2S.ClH/c1-2-15(13,14)11-5-7-12-6-3-4-9(10)8-12;/h9,11H,2-8,10H2,1H3;1H. The van der Waals surface area contributed by atoms with Crippen LogP contribution in [0.2, 0.25) is 0 Å². The molecule has 16 heavy (non-hydrogen) atoms. The van der Waals surface area contributed by atoms with E-state index in [0.717, 1.165) is 32.5 Å². The van der Waals surface area contributed by atoms with Crippen LogP contribution in [0.4, 0.5) is 0 Å². The molecule has 1 heterocycles. The zero-order valence-electron chi connectivity index (χ0n) is 9.68. The van der Waals surface area contributed by atoms with Gasteiger partial charge in [0.2, 0.25) is 10.0 Å². The van der Waals surface area contributed by atoms with Gasteiger partial charge in [0, 0.05) is 25.7 Å². The summed E-state index contributed by atoms with van der Waals surface area (Å²) < 4.78 is 24.9. The maximum absolute atomic E-state index is 11.2. The number of hydrogen-bond donors (Lipinski definition) is 2. The molecule has 1 fully saturated rings. The maximum Gasteiger partial charge on any atom is 0.211 e. The Balaban J connectivity index is 0.00000225. The molecule has 3 N–H and O–H groups in total. The van der Waals surface area contributed by atoms with Crippen LogP contribution < -0.4 is 10.5 Å². The first-order valence-electron chi connectivity index (χ1n) is 5.49. The smallest absolute Gasteiger partial charge is 0.211 e. The molecule has 1 aliphatic rings. The van der Waals surface area contributed by atoms with E-state index < -0.39 is 10.0 Å². The largest absolute Gasteiger partial charge is 0.327 e. The summed E-state index contributed by atoms with van der Waals surface area (Å²) in [6, 6.07) is 0.251. The SMILES string of the molecule is CCS(=O)(=O)NCCN1CCCC(N)C1.Cl. The van der Waals surface area contributed by atoms with Gasteiger partial charge in [0.05, 0.1) is 5.75 Å². The molecule has 1 saturated heterocycles. The van der Waals surface area contributed by atoms with Crippen molar-refractivity contribution in [3.05, 3.63) is 0 Å². The highest BCUT2D eigenvalue weighted by molar-refractivity contribution is 7.89. The third kappa shape index (κ3) is 6.00. The Bertz CT molecular complexity index is 284. The topological polar surface area (TPSA) is 75.4 Å². The van der Waals surface area contributed by atoms with Gasteiger partial charge in [0.25, 0.3) is 0 Å². The summed E-state index contributed by atoms with van der Waals surface area (Å²) in [6.07, 6.45) is 2.19. The van der Waals surface area contributed by atoms with Crippen LogP contribution in [0.15, 0.2) is 0 Å². The van der Waals surface area contributed by atoms with Crippen molar-refractivity contribution in [2.45, 2.75) is 25.8 Å². The van der Waals surface area contributed by atoms with E-state index in [1.807, 2.05) is 0 Å². The summed E-state index contributed by atoms with van der Waals surface area (Å²) in [5, 5.41) is 0. The fraction of sp³-hybridized carbons (Fsp3) is 1.00. The van der Waals surface area contributed by atoms with Gasteiger partial charge in [-0.15, -0.1) is 12.4 Å². The van der Waals surface area contributed by atoms with Crippen molar-refractivity contribution < 1.29 is 8.42 Å². The van der Waals surface area contributed by atoms with Crippen molar-refractivity contribution in [1.82, 2.24) is 9.62 Å². The van der Waals surface area contributed by atoms with E-state index in [2.05, 4.69) is 9.62 Å². The zero-order chi connectivity index (χ0) is 11.3. The second-order valence-electron chi connectivity index (χ2n) is 4.00. The van der Waals surface area contributed by atoms with Crippen molar-refractivity contribution in [3.63, 3.8) is 0 Å². The molecule has 7 heteroatoms. The molecular formula is C9H22ClN3O2S. The lowest BCUT2D eigenvalue weighted by atomic mass is 10.1. The molecule has 0 spiro atoms. The van der Waals surface area contributed by atoms with Crippen molar-refractivity contribution in [1.29, 1.82) is 0 Å². The van der Waals surface area contributed by atoms with Crippen molar-refractivity contribution in [2.75, 3.05) is 31.9 Å². The Hall–Kier alpha value is 0.120. The van der Waals surface area contributed by atoms with Gasteiger partial charge in [-0.3, -0.25) is 0 Å². The number of hydrogen-bond acceptors (Lipinski definition) is 4. The van der Waals surface area contributed by atoms with E-state index in [1.54, 1.807) is 6.92 Å². The number of piperidine rings is 1. The Morgan fingerprint density at radius 2 is 2.19 bits per heavy atom. The van der Waals surface area contributed by atoms with Gasteiger partial charge < -0.3 is 10.6 Å². The lowest BCUT2D eigenvalue weighted by molar-refractivity contribution is 0.212. The van der Waals surface area contributed by atoms with Crippen LogP contribution >= 0.6 is 12.4 Å². The van der Waals surface area contributed by atoms with Crippen LogP contribution in [-0.4, -0.2) is 51.3 Å². The Morgan fingerprint density at radius 1 is 1.50 bits per heavy atom. The molecule has 0 saturated carbocycles. The second-order valence-corrected chi connectivity index (χ2v) is 6.10. The highest BCUT2D eigenvalue weighted by Crippen LogP contribution is 2.06. The average molecular weight is 272 g/mol. The van der Waals surface area contributed by atoms with Gasteiger partial charge in [-0.25, -0.2) is 13.1 Å². The average Bonchev–Trinajstić information content (AvgIpc) is 2.18. The molecule has 0 aromatic carbocycles. The van der Waals surface area contributed by atoms with Crippen LogP contribution in [-0.2, 0) is 10.0 Å². The summed E-state index contributed by atoms with van der Waals surface area (Å²) in [7, 11) is -3.04. The number of nitrogens with one attached hydrogen (secondary N) is 1. The lowest BCUT2D eigenvalue weighted by Crippen LogP contribution is -2.45. The molecule has 0 aromatic rings. The number of nitrogens with two attached hydrogens (primary N) is 1. The number of nitrogens with zero attached hydrogens (tertiary/aromatic N) is 1. The van der Waals surface area contributed by atoms with E-state index in [0.29, 0.717) is 6.54 Å². The molecule has 0 radical (unpaired) electrons. The predicted molar refractivity (Wildman–Crippen MR) is 68.4 cm³/mol. The molecule has 1 unspecified atom stereocenters. The maximum atomic E-state index is 11.2. The van der Waals surface area contributed by atoms with Crippen LogP contribution in [0.1, 0.15) is 19.8 Å². The van der Waals surface area contributed by atoms with Crippen molar-refractivity contribution in [3.8, 4) is 0 Å². The normalized spacial score (nSPS) is 22.8. The first-order valence-corrected chi connectivity index (χ1v) is 7.14. The molecule has 0 bridgehead atoms. The molecule has 1 rings (SSSR count). The molecule has 0 amide bonds. The van der Waals surface area contributed by atoms with Gasteiger partial charge in [0.15, 0.2) is 0 Å². The van der Waals surface area contributed by atoms with Gasteiger partial charge in [-0.1, -0.05) is 0 Å². The van der Waals surface area contributed by atoms with Gasteiger partial charge in [-0.05, 0) is 26.3 Å². The van der Waals surface area contributed by atoms with E-state index in [1.165, 1.54) is 0 Å². The van der Waals surface area contributed by atoms with E-state index in [-0.39, 0.29) is 24.2 Å². The highest BCUT2D eigenvalue weighted by atomic mass is 35.5. The second kappa shape index (κ2) is 7.45. The summed E-state index contributed by atoms with van der Waals surface area (Å²) >= 11 is 0. The van der Waals surface area contributed by atoms with Crippen LogP contribution in [0.5, 0.6) is 0 Å². The van der Waals surface area contributed by atoms with Gasteiger partial charge >= 0.3 is 0 Å². The molecule has 5 nitrogen and oxygen atoms in total. The third-order valence-corrected chi connectivity index (χ3v) is 4.08. The Morgan fingerprint density at radius 3 is 2.75 bits per heavy atom. The quantitative estimate of drug-likeness (QED) is 0.724. The summed E-state index contributed by atoms with van der Waals surface area (Å²) in [5.41, 5.74) is 5.83. The molecular weight excluding hydrogens is 250 g/mol. The fourth-order valence-corrected chi connectivity index (χ4v) is 2.36. The van der Waals surface area contributed by atoms with Crippen LogP contribution in [0, 0.1) is 0 Å². The summed E-state index contributed by atoms with van der Waals surface area (Å²) in [5.74, 6) is 0.145. The fourth-order valence-electron chi connectivity index (χ4n) is 1.76. The minimum Gasteiger partial charge on any atom is -0.327 e. The summed E-state index contributed by atoms with van der Waals surface area (Å²) in [6.45, 7) is 4.80. The molecule has 1 aliphatic heterocycles. The minimum atomic E-state index is -3.04.